The Labute approximate surface area is 165 Å². The number of benzene rings is 1. The van der Waals surface area contributed by atoms with E-state index in [0.29, 0.717) is 22.9 Å². The molecule has 1 atom stereocenters. The molecule has 0 aliphatic carbocycles. The van der Waals surface area contributed by atoms with Gasteiger partial charge in [-0.3, -0.25) is 18.7 Å². The highest BCUT2D eigenvalue weighted by molar-refractivity contribution is 8.00. The molecule has 0 unspecified atom stereocenters. The van der Waals surface area contributed by atoms with Crippen LogP contribution in [0, 0.1) is 6.92 Å². The van der Waals surface area contributed by atoms with Crippen molar-refractivity contribution in [3.8, 4) is 0 Å². The van der Waals surface area contributed by atoms with Crippen LogP contribution >= 0.6 is 11.8 Å². The fraction of sp³-hybridized carbons (Fsp3) is 0.368. The third-order valence-corrected chi connectivity index (χ3v) is 5.62. The van der Waals surface area contributed by atoms with Gasteiger partial charge in [-0.15, -0.1) is 0 Å². The zero-order chi connectivity index (χ0) is 20.6. The molecule has 0 saturated carbocycles. The second-order valence-corrected chi connectivity index (χ2v) is 7.94. The number of nitrogens with zero attached hydrogens (tertiary/aromatic N) is 4. The number of fused-ring (bicyclic) bond motifs is 1. The zero-order valence-electron chi connectivity index (χ0n) is 16.4. The molecule has 0 N–H and O–H groups in total. The van der Waals surface area contributed by atoms with Gasteiger partial charge in [0, 0.05) is 14.1 Å². The van der Waals surface area contributed by atoms with Crippen LogP contribution in [0.4, 0.5) is 0 Å². The average molecular weight is 402 g/mol. The van der Waals surface area contributed by atoms with Gasteiger partial charge < -0.3 is 9.30 Å². The number of hydrogen-bond acceptors (Lipinski definition) is 6. The lowest BCUT2D eigenvalue weighted by molar-refractivity contribution is -0.139. The lowest BCUT2D eigenvalue weighted by Gasteiger charge is -2.12. The van der Waals surface area contributed by atoms with E-state index in [0.717, 1.165) is 15.7 Å². The van der Waals surface area contributed by atoms with Gasteiger partial charge in [0.1, 0.15) is 5.25 Å². The van der Waals surface area contributed by atoms with Gasteiger partial charge >= 0.3 is 11.7 Å². The van der Waals surface area contributed by atoms with E-state index >= 15 is 0 Å². The highest BCUT2D eigenvalue weighted by Crippen LogP contribution is 2.27. The van der Waals surface area contributed by atoms with Gasteiger partial charge in [0.2, 0.25) is 0 Å². The normalized spacial score (nSPS) is 12.3. The van der Waals surface area contributed by atoms with Crippen molar-refractivity contribution in [2.75, 3.05) is 7.11 Å². The van der Waals surface area contributed by atoms with Gasteiger partial charge in [0.15, 0.2) is 16.3 Å². The maximum Gasteiger partial charge on any atom is 0.332 e. The number of methoxy groups -OCH3 is 1. The fourth-order valence-corrected chi connectivity index (χ4v) is 3.96. The molecule has 0 spiro atoms. The summed E-state index contributed by atoms with van der Waals surface area (Å²) in [5.41, 5.74) is 1.83. The van der Waals surface area contributed by atoms with Crippen molar-refractivity contribution < 1.29 is 9.53 Å². The predicted molar refractivity (Wildman–Crippen MR) is 108 cm³/mol. The SMILES string of the molecule is COC(=O)[C@H](C)Sc1nc2c(c(=O)n(C)c(=O)n2C)n1Cc1cccc(C)c1. The number of carbonyl (C=O) groups is 1. The molecule has 3 rings (SSSR count). The molecule has 0 amide bonds. The lowest BCUT2D eigenvalue weighted by atomic mass is 10.1. The molecule has 1 aromatic carbocycles. The molecule has 0 radical (unpaired) electrons. The summed E-state index contributed by atoms with van der Waals surface area (Å²) in [5.74, 6) is -0.388. The second-order valence-electron chi connectivity index (χ2n) is 6.63. The molecule has 2 aromatic heterocycles. The van der Waals surface area contributed by atoms with Crippen LogP contribution in [0.1, 0.15) is 18.1 Å². The van der Waals surface area contributed by atoms with Crippen LogP contribution in [0.15, 0.2) is 39.0 Å². The third kappa shape index (κ3) is 3.49. The molecule has 8 nitrogen and oxygen atoms in total. The molecule has 0 fully saturated rings. The van der Waals surface area contributed by atoms with Crippen LogP contribution in [-0.4, -0.2) is 37.0 Å². The Kier molecular flexibility index (Phi) is 5.46. The van der Waals surface area contributed by atoms with Crippen molar-refractivity contribution in [2.45, 2.75) is 30.8 Å². The van der Waals surface area contributed by atoms with Crippen molar-refractivity contribution >= 4 is 28.9 Å². The van der Waals surface area contributed by atoms with Crippen molar-refractivity contribution in [1.29, 1.82) is 0 Å². The number of aryl methyl sites for hydroxylation is 2. The maximum absolute atomic E-state index is 12.9. The van der Waals surface area contributed by atoms with E-state index in [4.69, 9.17) is 4.74 Å². The van der Waals surface area contributed by atoms with Crippen molar-refractivity contribution in [1.82, 2.24) is 18.7 Å². The average Bonchev–Trinajstić information content (AvgIpc) is 3.02. The van der Waals surface area contributed by atoms with E-state index in [1.807, 2.05) is 31.2 Å². The Bertz CT molecular complexity index is 1180. The van der Waals surface area contributed by atoms with Gasteiger partial charge in [0.25, 0.3) is 5.56 Å². The molecule has 148 valence electrons. The third-order valence-electron chi connectivity index (χ3n) is 4.55. The van der Waals surface area contributed by atoms with E-state index in [-0.39, 0.29) is 5.97 Å². The van der Waals surface area contributed by atoms with E-state index in [1.165, 1.54) is 30.5 Å². The summed E-state index contributed by atoms with van der Waals surface area (Å²) in [6, 6.07) is 7.93. The van der Waals surface area contributed by atoms with Crippen LogP contribution in [0.2, 0.25) is 0 Å². The van der Waals surface area contributed by atoms with Gasteiger partial charge in [-0.25, -0.2) is 9.78 Å². The minimum Gasteiger partial charge on any atom is -0.468 e. The molecule has 3 aromatic rings. The molecule has 0 aliphatic heterocycles. The first kappa shape index (κ1) is 19.9. The number of thioether (sulfide) groups is 1. The van der Waals surface area contributed by atoms with E-state index in [9.17, 15) is 14.4 Å². The Hall–Kier alpha value is -2.81. The molecular formula is C19H22N4O4S. The zero-order valence-corrected chi connectivity index (χ0v) is 17.2. The van der Waals surface area contributed by atoms with E-state index in [1.54, 1.807) is 18.5 Å². The Morgan fingerprint density at radius 1 is 1.25 bits per heavy atom. The first-order chi connectivity index (χ1) is 13.2. The van der Waals surface area contributed by atoms with Crippen LogP contribution in [0.3, 0.4) is 0 Å². The number of carbonyl (C=O) groups excluding carboxylic acids is 1. The summed E-state index contributed by atoms with van der Waals surface area (Å²) in [6.45, 7) is 4.10. The standard InChI is InChI=1S/C19H22N4O4S/c1-11-7-6-8-13(9-11)10-23-14-15(21(3)19(26)22(4)16(14)24)20-18(23)28-12(2)17(25)27-5/h6-9,12H,10H2,1-5H3/t12-/m0/s1. The molecular weight excluding hydrogens is 380 g/mol. The maximum atomic E-state index is 12.9. The van der Waals surface area contributed by atoms with Crippen LogP contribution in [0.5, 0.6) is 0 Å². The molecule has 28 heavy (non-hydrogen) atoms. The van der Waals surface area contributed by atoms with Crippen LogP contribution in [-0.2, 0) is 30.2 Å². The molecule has 2 heterocycles. The Morgan fingerprint density at radius 3 is 2.61 bits per heavy atom. The number of imidazole rings is 1. The van der Waals surface area contributed by atoms with E-state index in [2.05, 4.69) is 4.98 Å². The Balaban J connectivity index is 2.24. The Morgan fingerprint density at radius 2 is 1.96 bits per heavy atom. The van der Waals surface area contributed by atoms with Gasteiger partial charge in [-0.05, 0) is 19.4 Å². The minimum atomic E-state index is -0.515. The molecule has 0 bridgehead atoms. The molecule has 9 heteroatoms. The van der Waals surface area contributed by atoms with Gasteiger partial charge in [-0.2, -0.15) is 0 Å². The highest BCUT2D eigenvalue weighted by Gasteiger charge is 2.23. The number of aromatic nitrogens is 4. The number of esters is 1. The first-order valence-electron chi connectivity index (χ1n) is 8.71. The number of rotatable bonds is 5. The van der Waals surface area contributed by atoms with Gasteiger partial charge in [-0.1, -0.05) is 41.6 Å². The summed E-state index contributed by atoms with van der Waals surface area (Å²) in [7, 11) is 4.35. The van der Waals surface area contributed by atoms with Crippen molar-refractivity contribution in [2.24, 2.45) is 14.1 Å². The summed E-state index contributed by atoms with van der Waals surface area (Å²) in [5, 5.41) is -0.0355. The summed E-state index contributed by atoms with van der Waals surface area (Å²) >= 11 is 1.19. The quantitative estimate of drug-likeness (QED) is 0.474. The van der Waals surface area contributed by atoms with Crippen molar-refractivity contribution in [3.63, 3.8) is 0 Å². The monoisotopic (exact) mass is 402 g/mol. The molecule has 0 aliphatic rings. The summed E-state index contributed by atoms with van der Waals surface area (Å²) < 4.78 is 8.97. The van der Waals surface area contributed by atoms with Gasteiger partial charge in [0.05, 0.1) is 13.7 Å². The topological polar surface area (TPSA) is 88.1 Å². The lowest BCUT2D eigenvalue weighted by Crippen LogP contribution is -2.37. The number of ether oxygens (including phenoxy) is 1. The molecule has 0 saturated heterocycles. The minimum absolute atomic E-state index is 0.292. The second kappa shape index (κ2) is 7.67. The summed E-state index contributed by atoms with van der Waals surface area (Å²) in [4.78, 5) is 41.6. The van der Waals surface area contributed by atoms with Crippen molar-refractivity contribution in [3.05, 3.63) is 56.2 Å². The number of hydrogen-bond donors (Lipinski definition) is 0. The van der Waals surface area contributed by atoms with Crippen LogP contribution < -0.4 is 11.2 Å². The fourth-order valence-electron chi connectivity index (χ4n) is 3.03. The largest absolute Gasteiger partial charge is 0.468 e. The van der Waals surface area contributed by atoms with Crippen LogP contribution in [0.25, 0.3) is 11.2 Å². The predicted octanol–water partition coefficient (Wildman–Crippen LogP) is 1.44. The smallest absolute Gasteiger partial charge is 0.332 e. The summed E-state index contributed by atoms with van der Waals surface area (Å²) in [6.07, 6.45) is 0. The highest BCUT2D eigenvalue weighted by atomic mass is 32.2. The van der Waals surface area contributed by atoms with E-state index < -0.39 is 16.5 Å². The first-order valence-corrected chi connectivity index (χ1v) is 9.58.